The van der Waals surface area contributed by atoms with Crippen molar-refractivity contribution in [2.75, 3.05) is 13.7 Å². The number of ether oxygens (including phenoxy) is 1. The Kier molecular flexibility index (Phi) is 8.27. The Labute approximate surface area is 218 Å². The van der Waals surface area contributed by atoms with E-state index >= 15 is 0 Å². The van der Waals surface area contributed by atoms with Crippen molar-refractivity contribution < 1.29 is 13.6 Å². The molecule has 35 heavy (non-hydrogen) atoms. The van der Waals surface area contributed by atoms with Crippen molar-refractivity contribution in [3.63, 3.8) is 0 Å². The van der Waals surface area contributed by atoms with Crippen LogP contribution < -0.4 is 0 Å². The van der Waals surface area contributed by atoms with Crippen LogP contribution in [0.2, 0.25) is 36.3 Å². The van der Waals surface area contributed by atoms with Gasteiger partial charge in [0.05, 0.1) is 17.6 Å². The fraction of sp³-hybridized carbons (Fsp3) is 0.733. The van der Waals surface area contributed by atoms with Gasteiger partial charge in [0.1, 0.15) is 6.61 Å². The molecule has 3 rings (SSSR count). The Morgan fingerprint density at radius 3 is 2.03 bits per heavy atom. The highest BCUT2D eigenvalue weighted by molar-refractivity contribution is 6.74. The average molecular weight is 515 g/mol. The van der Waals surface area contributed by atoms with Crippen molar-refractivity contribution in [2.45, 2.75) is 116 Å². The second kappa shape index (κ2) is 10.1. The summed E-state index contributed by atoms with van der Waals surface area (Å²) in [4.78, 5) is 0. The Balaban J connectivity index is 2.25. The first-order valence-corrected chi connectivity index (χ1v) is 19.3. The van der Waals surface area contributed by atoms with Gasteiger partial charge >= 0.3 is 0 Å². The predicted molar refractivity (Wildman–Crippen MR) is 153 cm³/mol. The summed E-state index contributed by atoms with van der Waals surface area (Å²) in [6.07, 6.45) is 4.62. The molecule has 4 atom stereocenters. The zero-order valence-electron chi connectivity index (χ0n) is 24.3. The molecule has 0 N–H and O–H groups in total. The van der Waals surface area contributed by atoms with Crippen LogP contribution in [0.3, 0.4) is 0 Å². The number of benzene rings is 1. The quantitative estimate of drug-likeness (QED) is 0.291. The van der Waals surface area contributed by atoms with Crippen LogP contribution in [0, 0.1) is 23.2 Å². The molecule has 0 aliphatic heterocycles. The van der Waals surface area contributed by atoms with Crippen molar-refractivity contribution in [2.24, 2.45) is 11.3 Å². The van der Waals surface area contributed by atoms with E-state index in [1.54, 1.807) is 7.11 Å². The highest BCUT2D eigenvalue weighted by Gasteiger charge is 2.58. The third-order valence-electron chi connectivity index (χ3n) is 9.42. The fourth-order valence-corrected chi connectivity index (χ4v) is 7.81. The zero-order chi connectivity index (χ0) is 26.3. The van der Waals surface area contributed by atoms with Crippen LogP contribution in [0.25, 0.3) is 0 Å². The minimum atomic E-state index is -2.06. The van der Waals surface area contributed by atoms with Gasteiger partial charge in [0.2, 0.25) is 0 Å². The normalized spacial score (nSPS) is 27.5. The Morgan fingerprint density at radius 2 is 1.46 bits per heavy atom. The lowest BCUT2D eigenvalue weighted by atomic mass is 9.56. The fourth-order valence-electron chi connectivity index (χ4n) is 5.25. The minimum absolute atomic E-state index is 0.0338. The van der Waals surface area contributed by atoms with Crippen molar-refractivity contribution in [3.05, 3.63) is 35.4 Å². The topological polar surface area (TPSA) is 27.7 Å². The lowest BCUT2D eigenvalue weighted by molar-refractivity contribution is -0.0665. The first-order valence-electron chi connectivity index (χ1n) is 13.5. The molecule has 0 spiro atoms. The van der Waals surface area contributed by atoms with Crippen molar-refractivity contribution in [1.82, 2.24) is 0 Å². The molecule has 1 aromatic carbocycles. The van der Waals surface area contributed by atoms with Crippen LogP contribution in [0.5, 0.6) is 0 Å². The van der Waals surface area contributed by atoms with Crippen LogP contribution >= 0.6 is 0 Å². The van der Waals surface area contributed by atoms with E-state index in [9.17, 15) is 0 Å². The maximum Gasteiger partial charge on any atom is 0.192 e. The summed E-state index contributed by atoms with van der Waals surface area (Å²) in [5.41, 5.74) is 2.37. The molecule has 1 saturated carbocycles. The van der Waals surface area contributed by atoms with Gasteiger partial charge in [0, 0.05) is 13.0 Å². The molecule has 2 aliphatic rings. The van der Waals surface area contributed by atoms with Crippen LogP contribution in [-0.4, -0.2) is 30.4 Å². The molecule has 0 heterocycles. The second-order valence-electron chi connectivity index (χ2n) is 13.8. The summed E-state index contributed by atoms with van der Waals surface area (Å²) >= 11 is 0. The van der Waals surface area contributed by atoms with E-state index in [-0.39, 0.29) is 27.7 Å². The van der Waals surface area contributed by atoms with E-state index < -0.39 is 16.6 Å². The molecule has 0 saturated heterocycles. The Hall–Kier alpha value is -0.906. The molecule has 3 nitrogen and oxygen atoms in total. The number of methoxy groups -OCH3 is 1. The van der Waals surface area contributed by atoms with Gasteiger partial charge in [-0.2, -0.15) is 0 Å². The van der Waals surface area contributed by atoms with Gasteiger partial charge in [-0.3, -0.25) is 0 Å². The predicted octanol–water partition coefficient (Wildman–Crippen LogP) is 8.65. The molecular weight excluding hydrogens is 464 g/mol. The van der Waals surface area contributed by atoms with E-state index in [4.69, 9.17) is 13.6 Å². The van der Waals surface area contributed by atoms with Gasteiger partial charge in [0.25, 0.3) is 0 Å². The highest BCUT2D eigenvalue weighted by atomic mass is 28.4. The molecule has 2 aliphatic carbocycles. The van der Waals surface area contributed by atoms with E-state index in [0.717, 1.165) is 12.8 Å². The third kappa shape index (κ3) is 5.53. The van der Waals surface area contributed by atoms with E-state index in [0.29, 0.717) is 12.5 Å². The summed E-state index contributed by atoms with van der Waals surface area (Å²) in [6.45, 7) is 24.0. The largest absolute Gasteiger partial charge is 0.410 e. The van der Waals surface area contributed by atoms with Crippen LogP contribution in [0.4, 0.5) is 0 Å². The maximum absolute atomic E-state index is 7.37. The standard InChI is InChI=1S/C30H50O3Si2/c1-28(2,3)34(8,9)32-26-23-17-12-13-18-24(23)27(33-35(10,11)29(4,5)6)30(21-16-22-31-7)20-15-14-19-25(26)30/h12-13,17-18,25-27H,14-15,19-20,22H2,1-11H3/t25-,26-,27+,30+/m1/s1. The first-order chi connectivity index (χ1) is 16.1. The third-order valence-corrected chi connectivity index (χ3v) is 18.3. The molecule has 1 aromatic rings. The molecule has 0 amide bonds. The molecule has 0 bridgehead atoms. The Morgan fingerprint density at radius 1 is 0.886 bits per heavy atom. The maximum atomic E-state index is 7.37. The minimum Gasteiger partial charge on any atom is -0.410 e. The molecule has 5 heteroatoms. The summed E-state index contributed by atoms with van der Waals surface area (Å²) in [7, 11) is -2.34. The number of hydrogen-bond acceptors (Lipinski definition) is 3. The number of hydrogen-bond donors (Lipinski definition) is 0. The lowest BCUT2D eigenvalue weighted by Crippen LogP contribution is -2.53. The molecule has 0 aromatic heterocycles. The Bertz CT molecular complexity index is 945. The van der Waals surface area contributed by atoms with Gasteiger partial charge in [-0.25, -0.2) is 0 Å². The summed E-state index contributed by atoms with van der Waals surface area (Å²) in [5, 5.41) is 0.275. The summed E-state index contributed by atoms with van der Waals surface area (Å²) in [6, 6.07) is 8.94. The van der Waals surface area contributed by atoms with Crippen LogP contribution in [-0.2, 0) is 13.6 Å². The molecular formula is C30H50O3Si2. The molecule has 1 fully saturated rings. The van der Waals surface area contributed by atoms with E-state index in [2.05, 4.69) is 104 Å². The van der Waals surface area contributed by atoms with Gasteiger partial charge in [-0.15, -0.1) is 0 Å². The first kappa shape index (κ1) is 28.7. The number of rotatable bonds is 5. The smallest absolute Gasteiger partial charge is 0.192 e. The van der Waals surface area contributed by atoms with Crippen LogP contribution in [0.15, 0.2) is 24.3 Å². The monoisotopic (exact) mass is 514 g/mol. The van der Waals surface area contributed by atoms with E-state index in [1.165, 1.54) is 24.0 Å². The van der Waals surface area contributed by atoms with Gasteiger partial charge < -0.3 is 13.6 Å². The zero-order valence-corrected chi connectivity index (χ0v) is 26.3. The molecule has 196 valence electrons. The van der Waals surface area contributed by atoms with Crippen molar-refractivity contribution in [3.8, 4) is 11.8 Å². The van der Waals surface area contributed by atoms with Crippen molar-refractivity contribution >= 4 is 16.6 Å². The van der Waals surface area contributed by atoms with Gasteiger partial charge in [-0.05, 0) is 60.2 Å². The average Bonchev–Trinajstić information content (AvgIpc) is 2.74. The van der Waals surface area contributed by atoms with Crippen LogP contribution in [0.1, 0.15) is 90.6 Å². The SMILES string of the molecule is COCC#C[C@@]12CCCC[C@@H]1[C@H](O[Si](C)(C)C(C)(C)C)c1ccccc1[C@@H]2O[Si](C)(C)C(C)(C)C. The lowest BCUT2D eigenvalue weighted by Gasteiger charge is -2.56. The second-order valence-corrected chi connectivity index (χ2v) is 23.3. The van der Waals surface area contributed by atoms with Crippen molar-refractivity contribution in [1.29, 1.82) is 0 Å². The van der Waals surface area contributed by atoms with E-state index in [1.807, 2.05) is 0 Å². The summed E-state index contributed by atoms with van der Waals surface area (Å²) < 4.78 is 20.1. The van der Waals surface area contributed by atoms with Gasteiger partial charge in [0.15, 0.2) is 16.6 Å². The summed E-state index contributed by atoms with van der Waals surface area (Å²) in [5.74, 6) is 7.55. The van der Waals surface area contributed by atoms with Gasteiger partial charge in [-0.1, -0.05) is 90.5 Å². The highest BCUT2D eigenvalue weighted by Crippen LogP contribution is 2.63. The molecule has 0 unspecified atom stereocenters. The molecule has 0 radical (unpaired) electrons. The number of fused-ring (bicyclic) bond motifs is 2.